The largest absolute Gasteiger partial charge is 0.371 e. The molecule has 3 rings (SSSR count). The van der Waals surface area contributed by atoms with Gasteiger partial charge in [0.15, 0.2) is 0 Å². The number of anilines is 1. The molecule has 140 valence electrons. The van der Waals surface area contributed by atoms with Gasteiger partial charge in [-0.05, 0) is 48.7 Å². The zero-order chi connectivity index (χ0) is 19.4. The molecule has 0 saturated heterocycles. The van der Waals surface area contributed by atoms with Gasteiger partial charge in [-0.15, -0.1) is 6.58 Å². The van der Waals surface area contributed by atoms with E-state index < -0.39 is 0 Å². The number of benzene rings is 1. The highest BCUT2D eigenvalue weighted by atomic mass is 16.1. The van der Waals surface area contributed by atoms with Gasteiger partial charge in [-0.25, -0.2) is 4.98 Å². The van der Waals surface area contributed by atoms with Crippen LogP contribution in [-0.2, 0) is 13.0 Å². The Morgan fingerprint density at radius 3 is 2.70 bits per heavy atom. The van der Waals surface area contributed by atoms with Crippen molar-refractivity contribution < 1.29 is 4.79 Å². The molecule has 1 N–H and O–H groups in total. The van der Waals surface area contributed by atoms with Crippen LogP contribution < -0.4 is 10.2 Å². The Labute approximate surface area is 160 Å². The predicted octanol–water partition coefficient (Wildman–Crippen LogP) is 3.76. The highest BCUT2D eigenvalue weighted by Crippen LogP contribution is 2.16. The molecule has 1 amide bonds. The quantitative estimate of drug-likeness (QED) is 0.651. The molecule has 5 heteroatoms. The minimum atomic E-state index is -0.101. The van der Waals surface area contributed by atoms with E-state index in [4.69, 9.17) is 0 Å². The van der Waals surface area contributed by atoms with E-state index in [0.717, 1.165) is 34.7 Å². The second kappa shape index (κ2) is 8.08. The van der Waals surface area contributed by atoms with Crippen LogP contribution in [0.5, 0.6) is 0 Å². The van der Waals surface area contributed by atoms with Crippen molar-refractivity contribution in [3.05, 3.63) is 77.8 Å². The van der Waals surface area contributed by atoms with Crippen LogP contribution in [0.1, 0.15) is 34.2 Å². The van der Waals surface area contributed by atoms with Gasteiger partial charge in [-0.1, -0.05) is 25.1 Å². The number of likely N-dealkylation sites (N-methyl/N-ethyl adjacent to an activating group) is 1. The van der Waals surface area contributed by atoms with Crippen LogP contribution in [0.25, 0.3) is 5.65 Å². The first-order valence-corrected chi connectivity index (χ1v) is 9.20. The van der Waals surface area contributed by atoms with Crippen molar-refractivity contribution in [1.82, 2.24) is 14.7 Å². The molecule has 0 spiro atoms. The maximum Gasteiger partial charge on any atom is 0.270 e. The van der Waals surface area contributed by atoms with E-state index in [1.165, 1.54) is 0 Å². The summed E-state index contributed by atoms with van der Waals surface area (Å²) >= 11 is 0. The van der Waals surface area contributed by atoms with Crippen molar-refractivity contribution >= 4 is 17.2 Å². The number of fused-ring (bicyclic) bond motifs is 1. The summed E-state index contributed by atoms with van der Waals surface area (Å²) in [5.74, 6) is -0.101. The molecule has 3 aromatic rings. The van der Waals surface area contributed by atoms with Gasteiger partial charge in [0.05, 0.1) is 5.69 Å². The lowest BCUT2D eigenvalue weighted by Crippen LogP contribution is -2.25. The van der Waals surface area contributed by atoms with Crippen LogP contribution in [0.15, 0.2) is 55.3 Å². The number of nitrogens with one attached hydrogen (secondary N) is 1. The topological polar surface area (TPSA) is 49.6 Å². The molecule has 0 bridgehead atoms. The van der Waals surface area contributed by atoms with Crippen LogP contribution in [-0.4, -0.2) is 28.9 Å². The molecule has 0 atom stereocenters. The fourth-order valence-corrected chi connectivity index (χ4v) is 3.12. The van der Waals surface area contributed by atoms with Crippen LogP contribution in [0.4, 0.5) is 5.69 Å². The Balaban J connectivity index is 1.74. The maximum atomic E-state index is 12.8. The van der Waals surface area contributed by atoms with Crippen LogP contribution in [0, 0.1) is 6.92 Å². The average molecular weight is 362 g/mol. The minimum absolute atomic E-state index is 0.101. The highest BCUT2D eigenvalue weighted by molar-refractivity contribution is 5.94. The van der Waals surface area contributed by atoms with Crippen molar-refractivity contribution in [3.63, 3.8) is 0 Å². The van der Waals surface area contributed by atoms with E-state index >= 15 is 0 Å². The summed E-state index contributed by atoms with van der Waals surface area (Å²) in [6.45, 7) is 9.08. The second-order valence-corrected chi connectivity index (χ2v) is 6.71. The Hall–Kier alpha value is -3.08. The summed E-state index contributed by atoms with van der Waals surface area (Å²) < 4.78 is 1.87. The van der Waals surface area contributed by atoms with E-state index in [9.17, 15) is 4.79 Å². The van der Waals surface area contributed by atoms with Crippen LogP contribution >= 0.6 is 0 Å². The third kappa shape index (κ3) is 4.03. The first-order chi connectivity index (χ1) is 13.0. The molecule has 0 aliphatic heterocycles. The summed E-state index contributed by atoms with van der Waals surface area (Å²) in [5, 5.41) is 3.03. The molecule has 0 aliphatic rings. The molecule has 0 fully saturated rings. The van der Waals surface area contributed by atoms with Gasteiger partial charge in [-0.3, -0.25) is 9.20 Å². The zero-order valence-corrected chi connectivity index (χ0v) is 16.2. The molecule has 2 aromatic heterocycles. The van der Waals surface area contributed by atoms with Gasteiger partial charge in [0, 0.05) is 32.0 Å². The van der Waals surface area contributed by atoms with E-state index in [-0.39, 0.29) is 5.91 Å². The maximum absolute atomic E-state index is 12.8. The molecule has 1 aromatic carbocycles. The van der Waals surface area contributed by atoms with E-state index in [1.54, 1.807) is 0 Å². The Bertz CT molecular complexity index is 956. The number of hydrogen-bond donors (Lipinski definition) is 1. The number of carbonyl (C=O) groups is 1. The number of carbonyl (C=O) groups excluding carboxylic acids is 1. The fourth-order valence-electron chi connectivity index (χ4n) is 3.12. The van der Waals surface area contributed by atoms with Gasteiger partial charge < -0.3 is 10.2 Å². The third-order valence-electron chi connectivity index (χ3n) is 4.64. The molecule has 27 heavy (non-hydrogen) atoms. The molecule has 0 saturated carbocycles. The highest BCUT2D eigenvalue weighted by Gasteiger charge is 2.18. The number of aromatic nitrogens is 2. The molecule has 0 unspecified atom stereocenters. The van der Waals surface area contributed by atoms with Crippen molar-refractivity contribution in [2.24, 2.45) is 0 Å². The van der Waals surface area contributed by atoms with Crippen molar-refractivity contribution in [2.45, 2.75) is 26.8 Å². The molecule has 0 radical (unpaired) electrons. The van der Waals surface area contributed by atoms with Crippen molar-refractivity contribution in [2.75, 3.05) is 18.5 Å². The number of aryl methyl sites for hydroxylation is 2. The van der Waals surface area contributed by atoms with Gasteiger partial charge in [-0.2, -0.15) is 0 Å². The summed E-state index contributed by atoms with van der Waals surface area (Å²) in [5.41, 5.74) is 5.56. The number of imidazole rings is 1. The summed E-state index contributed by atoms with van der Waals surface area (Å²) in [7, 11) is 2.02. The van der Waals surface area contributed by atoms with Crippen molar-refractivity contribution in [1.29, 1.82) is 0 Å². The first-order valence-electron chi connectivity index (χ1n) is 9.20. The number of amides is 1. The monoisotopic (exact) mass is 362 g/mol. The average Bonchev–Trinajstić information content (AvgIpc) is 3.04. The van der Waals surface area contributed by atoms with E-state index in [2.05, 4.69) is 33.9 Å². The smallest absolute Gasteiger partial charge is 0.270 e. The number of rotatable bonds is 7. The van der Waals surface area contributed by atoms with E-state index in [1.807, 2.05) is 61.8 Å². The Kier molecular flexibility index (Phi) is 5.60. The lowest BCUT2D eigenvalue weighted by atomic mass is 10.2. The molecule has 5 nitrogen and oxygen atoms in total. The lowest BCUT2D eigenvalue weighted by Gasteiger charge is -2.17. The predicted molar refractivity (Wildman–Crippen MR) is 110 cm³/mol. The zero-order valence-electron chi connectivity index (χ0n) is 16.2. The Morgan fingerprint density at radius 1 is 1.30 bits per heavy atom. The number of nitrogens with zero attached hydrogens (tertiary/aromatic N) is 3. The second-order valence-electron chi connectivity index (χ2n) is 6.71. The van der Waals surface area contributed by atoms with Gasteiger partial charge in [0.1, 0.15) is 11.3 Å². The van der Waals surface area contributed by atoms with Crippen molar-refractivity contribution in [3.8, 4) is 0 Å². The number of pyridine rings is 1. The lowest BCUT2D eigenvalue weighted by molar-refractivity contribution is 0.0944. The first kappa shape index (κ1) is 18.7. The van der Waals surface area contributed by atoms with Gasteiger partial charge in [0.25, 0.3) is 5.91 Å². The minimum Gasteiger partial charge on any atom is -0.371 e. The Morgan fingerprint density at radius 2 is 2.04 bits per heavy atom. The molecule has 2 heterocycles. The van der Waals surface area contributed by atoms with Gasteiger partial charge in [0.2, 0.25) is 0 Å². The summed E-state index contributed by atoms with van der Waals surface area (Å²) in [4.78, 5) is 19.5. The normalized spacial score (nSPS) is 10.8. The van der Waals surface area contributed by atoms with E-state index in [0.29, 0.717) is 18.7 Å². The third-order valence-corrected chi connectivity index (χ3v) is 4.64. The number of hydrogen-bond acceptors (Lipinski definition) is 3. The van der Waals surface area contributed by atoms with Gasteiger partial charge >= 0.3 is 0 Å². The molecule has 0 aliphatic carbocycles. The molecular formula is C22H26N4O. The fraction of sp³-hybridized carbons (Fsp3) is 0.273. The molecular weight excluding hydrogens is 336 g/mol. The van der Waals surface area contributed by atoms with Crippen LogP contribution in [0.3, 0.4) is 0 Å². The SMILES string of the molecule is C=CCN(C)c1ccc(CNC(=O)c2c(CC)nc3cc(C)ccn23)cc1. The van der Waals surface area contributed by atoms with Crippen LogP contribution in [0.2, 0.25) is 0 Å². The summed E-state index contributed by atoms with van der Waals surface area (Å²) in [6.07, 6.45) is 4.50. The summed E-state index contributed by atoms with van der Waals surface area (Å²) in [6, 6.07) is 12.2. The standard InChI is InChI=1S/C22H26N4O/c1-5-12-25(4)18-9-7-17(8-10-18)15-23-22(27)21-19(6-2)24-20-14-16(3)11-13-26(20)21/h5,7-11,13-14H,1,6,12,15H2,2-4H3,(H,23,27).